The summed E-state index contributed by atoms with van der Waals surface area (Å²) in [6, 6.07) is 0. The van der Waals surface area contributed by atoms with Crippen molar-refractivity contribution in [2.24, 2.45) is 5.41 Å². The van der Waals surface area contributed by atoms with Gasteiger partial charge in [0.15, 0.2) is 6.10 Å². The van der Waals surface area contributed by atoms with Gasteiger partial charge < -0.3 is 25.2 Å². The molecule has 1 saturated heterocycles. The average Bonchev–Trinajstić information content (AvgIpc) is 2.42. The molecule has 20 heavy (non-hydrogen) atoms. The Balaban J connectivity index is 3.21. The molecular formula is C13H17ClO6. The Bertz CT molecular complexity index is 431. The minimum absolute atomic E-state index is 0.295. The summed E-state index contributed by atoms with van der Waals surface area (Å²) >= 11 is 5.53. The van der Waals surface area contributed by atoms with E-state index in [4.69, 9.17) is 27.9 Å². The Kier molecular flexibility index (Phi) is 5.57. The van der Waals surface area contributed by atoms with Gasteiger partial charge in [0.05, 0.1) is 5.41 Å². The van der Waals surface area contributed by atoms with Crippen LogP contribution in [0.3, 0.4) is 0 Å². The Morgan fingerprint density at radius 3 is 2.40 bits per heavy atom. The van der Waals surface area contributed by atoms with E-state index < -0.39 is 41.9 Å². The molecular weight excluding hydrogens is 288 g/mol. The predicted molar refractivity (Wildman–Crippen MR) is 70.9 cm³/mol. The molecule has 0 bridgehead atoms. The van der Waals surface area contributed by atoms with Crippen molar-refractivity contribution in [2.75, 3.05) is 0 Å². The van der Waals surface area contributed by atoms with Gasteiger partial charge in [-0.25, -0.2) is 4.79 Å². The van der Waals surface area contributed by atoms with Gasteiger partial charge in [0.2, 0.25) is 0 Å². The van der Waals surface area contributed by atoms with Crippen molar-refractivity contribution in [3.8, 4) is 12.3 Å². The van der Waals surface area contributed by atoms with Crippen LogP contribution in [0.4, 0.5) is 0 Å². The monoisotopic (exact) mass is 304 g/mol. The second kappa shape index (κ2) is 6.57. The van der Waals surface area contributed by atoms with Crippen LogP contribution in [0, 0.1) is 17.8 Å². The van der Waals surface area contributed by atoms with E-state index in [-0.39, 0.29) is 0 Å². The van der Waals surface area contributed by atoms with Gasteiger partial charge in [0.25, 0.3) is 0 Å². The van der Waals surface area contributed by atoms with Gasteiger partial charge in [-0.1, -0.05) is 30.5 Å². The molecule has 0 aromatic carbocycles. The van der Waals surface area contributed by atoms with E-state index in [0.717, 1.165) is 5.54 Å². The van der Waals surface area contributed by atoms with Gasteiger partial charge in [-0.15, -0.1) is 6.42 Å². The maximum Gasteiger partial charge on any atom is 0.335 e. The third-order valence-electron chi connectivity index (χ3n) is 3.58. The summed E-state index contributed by atoms with van der Waals surface area (Å²) in [5.74, 6) is 0.966. The number of aliphatic carboxylic acids is 1. The lowest BCUT2D eigenvalue weighted by Gasteiger charge is -2.45. The van der Waals surface area contributed by atoms with Crippen molar-refractivity contribution in [2.45, 2.75) is 43.9 Å². The zero-order valence-corrected chi connectivity index (χ0v) is 11.6. The Morgan fingerprint density at radius 2 is 2.00 bits per heavy atom. The molecule has 1 fully saturated rings. The highest BCUT2D eigenvalue weighted by atomic mass is 35.5. The van der Waals surface area contributed by atoms with Crippen molar-refractivity contribution >= 4 is 17.6 Å². The molecule has 112 valence electrons. The van der Waals surface area contributed by atoms with Crippen molar-refractivity contribution in [3.05, 3.63) is 11.6 Å². The first-order valence-corrected chi connectivity index (χ1v) is 6.46. The largest absolute Gasteiger partial charge is 0.479 e. The molecule has 0 spiro atoms. The summed E-state index contributed by atoms with van der Waals surface area (Å²) in [7, 11) is 0. The van der Waals surface area contributed by atoms with Gasteiger partial charge in [-0.2, -0.15) is 0 Å². The van der Waals surface area contributed by atoms with Crippen molar-refractivity contribution in [1.82, 2.24) is 0 Å². The third-order valence-corrected chi connectivity index (χ3v) is 3.70. The first kappa shape index (κ1) is 17.0. The van der Waals surface area contributed by atoms with E-state index in [1.54, 1.807) is 6.92 Å². The predicted octanol–water partition coefficient (Wildman–Crippen LogP) is -0.297. The molecule has 1 aliphatic heterocycles. The maximum atomic E-state index is 11.1. The number of terminal acetylenes is 1. The number of ether oxygens (including phenoxy) is 1. The molecule has 1 heterocycles. The molecule has 7 heteroatoms. The molecule has 0 aromatic heterocycles. The molecule has 0 aromatic rings. The van der Waals surface area contributed by atoms with Crippen LogP contribution in [0.5, 0.6) is 0 Å². The summed E-state index contributed by atoms with van der Waals surface area (Å²) in [5, 5.41) is 38.4. The summed E-state index contributed by atoms with van der Waals surface area (Å²) in [6.45, 7) is 1.71. The van der Waals surface area contributed by atoms with Gasteiger partial charge in [-0.05, 0) is 6.42 Å². The first-order valence-electron chi connectivity index (χ1n) is 6.02. The van der Waals surface area contributed by atoms with Gasteiger partial charge in [-0.3, -0.25) is 0 Å². The zero-order chi connectivity index (χ0) is 15.5. The normalized spacial score (nSPS) is 37.3. The first-order chi connectivity index (χ1) is 9.34. The molecule has 0 amide bonds. The highest BCUT2D eigenvalue weighted by Gasteiger charge is 2.52. The third kappa shape index (κ3) is 2.82. The van der Waals surface area contributed by atoms with E-state index >= 15 is 0 Å². The van der Waals surface area contributed by atoms with E-state index in [9.17, 15) is 20.1 Å². The smallest absolute Gasteiger partial charge is 0.335 e. The highest BCUT2D eigenvalue weighted by molar-refractivity contribution is 6.25. The van der Waals surface area contributed by atoms with Crippen LogP contribution in [0.15, 0.2) is 11.6 Å². The minimum atomic E-state index is -1.74. The van der Waals surface area contributed by atoms with Gasteiger partial charge in [0.1, 0.15) is 24.4 Å². The Morgan fingerprint density at radius 1 is 1.40 bits per heavy atom. The Hall–Kier alpha value is -1.10. The van der Waals surface area contributed by atoms with Crippen LogP contribution >= 0.6 is 11.6 Å². The number of hydrogen-bond acceptors (Lipinski definition) is 5. The lowest BCUT2D eigenvalue weighted by atomic mass is 9.74. The number of carboxylic acid groups (broad SMARTS) is 1. The molecule has 0 aliphatic carbocycles. The second-order valence-electron chi connectivity index (χ2n) is 4.62. The molecule has 0 saturated carbocycles. The molecule has 4 N–H and O–H groups in total. The number of carboxylic acids is 1. The fourth-order valence-electron chi connectivity index (χ4n) is 2.27. The standard InChI is InChI=1S/C13H17ClO6/c1-3-13(4-2,5-6-14)11-9(17)7(15)8(16)10(20-11)12(18)19/h1,5-11,15-17H,4H2,2H3,(H,18,19)/b6-5+/t7-,8-,9+,10-,11?,13?/m0/s1. The average molecular weight is 305 g/mol. The van der Waals surface area contributed by atoms with Crippen molar-refractivity contribution < 1.29 is 30.0 Å². The summed E-state index contributed by atoms with van der Waals surface area (Å²) in [6.07, 6.45) is -0.699. The lowest BCUT2D eigenvalue weighted by Crippen LogP contribution is -2.63. The van der Waals surface area contributed by atoms with Crippen LogP contribution < -0.4 is 0 Å². The zero-order valence-electron chi connectivity index (χ0n) is 10.8. The fraction of sp³-hybridized carbons (Fsp3) is 0.615. The van der Waals surface area contributed by atoms with Gasteiger partial charge >= 0.3 is 5.97 Å². The van der Waals surface area contributed by atoms with Crippen LogP contribution in [-0.4, -0.2) is 56.9 Å². The summed E-state index contributed by atoms with van der Waals surface area (Å²) < 4.78 is 5.23. The quantitative estimate of drug-likeness (QED) is 0.531. The van der Waals surface area contributed by atoms with E-state index in [2.05, 4.69) is 5.92 Å². The van der Waals surface area contributed by atoms with Gasteiger partial charge in [0, 0.05) is 5.54 Å². The number of halogens is 1. The molecule has 6 atom stereocenters. The van der Waals surface area contributed by atoms with Crippen molar-refractivity contribution in [1.29, 1.82) is 0 Å². The van der Waals surface area contributed by atoms with E-state index in [1.165, 1.54) is 6.08 Å². The fourth-order valence-corrected chi connectivity index (χ4v) is 2.49. The number of aliphatic hydroxyl groups excluding tert-OH is 3. The van der Waals surface area contributed by atoms with E-state index in [1.807, 2.05) is 0 Å². The Labute approximate surface area is 121 Å². The molecule has 2 unspecified atom stereocenters. The minimum Gasteiger partial charge on any atom is -0.479 e. The summed E-state index contributed by atoms with van der Waals surface area (Å²) in [4.78, 5) is 11.1. The number of rotatable bonds is 4. The topological polar surface area (TPSA) is 107 Å². The van der Waals surface area contributed by atoms with Crippen LogP contribution in [0.2, 0.25) is 0 Å². The maximum absolute atomic E-state index is 11.1. The lowest BCUT2D eigenvalue weighted by molar-refractivity contribution is -0.241. The molecule has 1 aliphatic rings. The number of hydrogen-bond donors (Lipinski definition) is 4. The summed E-state index contributed by atoms with van der Waals surface area (Å²) in [5.41, 5.74) is -0.0391. The number of carbonyl (C=O) groups is 1. The SMILES string of the molecule is C#CC(/C=C/Cl)(CC)C1O[C@H](C(=O)O)[C@@H](O)[C@H](O)[C@H]1O. The molecule has 0 radical (unpaired) electrons. The van der Waals surface area contributed by atoms with E-state index in [0.29, 0.717) is 6.42 Å². The highest BCUT2D eigenvalue weighted by Crippen LogP contribution is 2.37. The van der Waals surface area contributed by atoms with Crippen LogP contribution in [0.25, 0.3) is 0 Å². The molecule has 1 rings (SSSR count). The molecule has 6 nitrogen and oxygen atoms in total. The second-order valence-corrected chi connectivity index (χ2v) is 4.87. The van der Waals surface area contributed by atoms with Crippen LogP contribution in [0.1, 0.15) is 13.3 Å². The van der Waals surface area contributed by atoms with Crippen LogP contribution in [-0.2, 0) is 9.53 Å². The van der Waals surface area contributed by atoms with Crippen molar-refractivity contribution in [3.63, 3.8) is 0 Å². The number of aliphatic hydroxyl groups is 3.